The summed E-state index contributed by atoms with van der Waals surface area (Å²) in [6.45, 7) is 4.65. The Morgan fingerprint density at radius 2 is 1.70 bits per heavy atom. The van der Waals surface area contributed by atoms with Gasteiger partial charge in [0.1, 0.15) is 12.7 Å². The highest BCUT2D eigenvalue weighted by atomic mass is 16.5. The smallest absolute Gasteiger partial charge is 0.328 e. The monoisotopic (exact) mass is 319 g/mol. The van der Waals surface area contributed by atoms with Crippen LogP contribution in [0.2, 0.25) is 0 Å². The van der Waals surface area contributed by atoms with Crippen molar-refractivity contribution >= 4 is 17.5 Å². The molecule has 122 valence electrons. The molecule has 0 aliphatic carbocycles. The molecule has 2 rings (SSSR count). The molecule has 1 aromatic carbocycles. The van der Waals surface area contributed by atoms with E-state index in [1.54, 1.807) is 18.2 Å². The molecule has 0 aliphatic heterocycles. The van der Waals surface area contributed by atoms with Gasteiger partial charge in [-0.05, 0) is 26.0 Å². The van der Waals surface area contributed by atoms with Crippen molar-refractivity contribution in [1.82, 2.24) is 14.9 Å². The van der Waals surface area contributed by atoms with Gasteiger partial charge in [0.15, 0.2) is 11.5 Å². The summed E-state index contributed by atoms with van der Waals surface area (Å²) in [5.41, 5.74) is 2.72. The average Bonchev–Trinajstić information content (AvgIpc) is 3.03. The van der Waals surface area contributed by atoms with Crippen LogP contribution in [0.3, 0.4) is 0 Å². The van der Waals surface area contributed by atoms with Crippen LogP contribution in [0.15, 0.2) is 30.9 Å². The summed E-state index contributed by atoms with van der Waals surface area (Å²) in [6, 6.07) is 4.89. The van der Waals surface area contributed by atoms with Crippen molar-refractivity contribution in [3.63, 3.8) is 0 Å². The standard InChI is InChI=1S/C14H17N5O4/c1-3-22-11-6-5-10(7-12(11)23-4-2)17-13(20)14(21)18-19-8-15-16-9-19/h5-9H,3-4H2,1-2H3,(H,17,20)(H,18,21). The first-order chi connectivity index (χ1) is 11.1. The Morgan fingerprint density at radius 1 is 1.04 bits per heavy atom. The van der Waals surface area contributed by atoms with Gasteiger partial charge in [0.05, 0.1) is 13.2 Å². The fourth-order valence-corrected chi connectivity index (χ4v) is 1.74. The molecule has 0 saturated heterocycles. The van der Waals surface area contributed by atoms with Gasteiger partial charge < -0.3 is 14.8 Å². The highest BCUT2D eigenvalue weighted by Gasteiger charge is 2.15. The number of aromatic nitrogens is 3. The van der Waals surface area contributed by atoms with E-state index in [1.807, 2.05) is 13.8 Å². The van der Waals surface area contributed by atoms with E-state index < -0.39 is 11.8 Å². The second-order valence-electron chi connectivity index (χ2n) is 4.29. The van der Waals surface area contributed by atoms with Gasteiger partial charge in [0, 0.05) is 11.8 Å². The van der Waals surface area contributed by atoms with Crippen LogP contribution in [0.1, 0.15) is 13.8 Å². The molecule has 0 aliphatic rings. The maximum Gasteiger partial charge on any atom is 0.328 e. The highest BCUT2D eigenvalue weighted by molar-refractivity contribution is 6.42. The van der Waals surface area contributed by atoms with Crippen LogP contribution >= 0.6 is 0 Å². The number of hydrogen-bond donors (Lipinski definition) is 2. The van der Waals surface area contributed by atoms with E-state index in [0.717, 1.165) is 0 Å². The van der Waals surface area contributed by atoms with Crippen molar-refractivity contribution < 1.29 is 19.1 Å². The predicted molar refractivity (Wildman–Crippen MR) is 81.8 cm³/mol. The molecule has 2 N–H and O–H groups in total. The van der Waals surface area contributed by atoms with Gasteiger partial charge in [-0.3, -0.25) is 15.0 Å². The Balaban J connectivity index is 2.05. The first-order valence-electron chi connectivity index (χ1n) is 7.00. The van der Waals surface area contributed by atoms with E-state index in [4.69, 9.17) is 9.47 Å². The Bertz CT molecular complexity index is 672. The molecule has 9 heteroatoms. The molecular formula is C14H17N5O4. The van der Waals surface area contributed by atoms with E-state index in [2.05, 4.69) is 20.9 Å². The number of anilines is 1. The maximum atomic E-state index is 11.9. The first kappa shape index (κ1) is 16.3. The third-order valence-electron chi connectivity index (χ3n) is 2.66. The van der Waals surface area contributed by atoms with Gasteiger partial charge >= 0.3 is 11.8 Å². The Labute approximate surface area is 132 Å². The molecule has 2 amide bonds. The lowest BCUT2D eigenvalue weighted by atomic mass is 10.2. The summed E-state index contributed by atoms with van der Waals surface area (Å²) >= 11 is 0. The summed E-state index contributed by atoms with van der Waals surface area (Å²) in [5.74, 6) is -0.616. The minimum atomic E-state index is -0.850. The van der Waals surface area contributed by atoms with E-state index in [-0.39, 0.29) is 0 Å². The summed E-state index contributed by atoms with van der Waals surface area (Å²) in [5, 5.41) is 9.51. The zero-order valence-corrected chi connectivity index (χ0v) is 12.8. The summed E-state index contributed by atoms with van der Waals surface area (Å²) < 4.78 is 12.1. The minimum Gasteiger partial charge on any atom is -0.490 e. The average molecular weight is 319 g/mol. The van der Waals surface area contributed by atoms with E-state index in [0.29, 0.717) is 30.4 Å². The van der Waals surface area contributed by atoms with Crippen LogP contribution in [0, 0.1) is 0 Å². The first-order valence-corrected chi connectivity index (χ1v) is 7.00. The molecule has 0 fully saturated rings. The van der Waals surface area contributed by atoms with Crippen LogP contribution in [0.25, 0.3) is 0 Å². The Morgan fingerprint density at radius 3 is 2.35 bits per heavy atom. The normalized spacial score (nSPS) is 10.0. The summed E-state index contributed by atoms with van der Waals surface area (Å²) in [4.78, 5) is 23.6. The molecule has 0 bridgehead atoms. The number of rotatable bonds is 6. The molecule has 9 nitrogen and oxygen atoms in total. The second kappa shape index (κ2) is 7.78. The number of nitrogens with zero attached hydrogens (tertiary/aromatic N) is 3. The molecule has 0 atom stereocenters. The molecule has 1 heterocycles. The van der Waals surface area contributed by atoms with E-state index in [9.17, 15) is 9.59 Å². The number of ether oxygens (including phenoxy) is 2. The fourth-order valence-electron chi connectivity index (χ4n) is 1.74. The molecule has 23 heavy (non-hydrogen) atoms. The van der Waals surface area contributed by atoms with Crippen LogP contribution in [0.4, 0.5) is 5.69 Å². The van der Waals surface area contributed by atoms with Crippen molar-refractivity contribution in [3.8, 4) is 11.5 Å². The number of amides is 2. The molecule has 2 aromatic rings. The molecule has 0 radical (unpaired) electrons. The van der Waals surface area contributed by atoms with Crippen LogP contribution < -0.4 is 20.2 Å². The topological polar surface area (TPSA) is 107 Å². The maximum absolute atomic E-state index is 11.9. The molecular weight excluding hydrogens is 302 g/mol. The minimum absolute atomic E-state index is 0.417. The van der Waals surface area contributed by atoms with E-state index >= 15 is 0 Å². The van der Waals surface area contributed by atoms with Crippen molar-refractivity contribution in [1.29, 1.82) is 0 Å². The van der Waals surface area contributed by atoms with Crippen molar-refractivity contribution in [2.45, 2.75) is 13.8 Å². The SMILES string of the molecule is CCOc1ccc(NC(=O)C(=O)Nn2cnnc2)cc1OCC. The largest absolute Gasteiger partial charge is 0.490 e. The van der Waals surface area contributed by atoms with E-state index in [1.165, 1.54) is 17.3 Å². The van der Waals surface area contributed by atoms with Gasteiger partial charge in [-0.1, -0.05) is 0 Å². The molecule has 0 saturated carbocycles. The lowest BCUT2D eigenvalue weighted by Gasteiger charge is -2.13. The third kappa shape index (κ3) is 4.43. The number of carbonyl (C=O) groups is 2. The quantitative estimate of drug-likeness (QED) is 0.762. The molecule has 0 spiro atoms. The van der Waals surface area contributed by atoms with Gasteiger partial charge in [-0.15, -0.1) is 10.2 Å². The van der Waals surface area contributed by atoms with Gasteiger partial charge in [0.2, 0.25) is 0 Å². The third-order valence-corrected chi connectivity index (χ3v) is 2.66. The lowest BCUT2D eigenvalue weighted by molar-refractivity contribution is -0.133. The van der Waals surface area contributed by atoms with Crippen molar-refractivity contribution in [3.05, 3.63) is 30.9 Å². The number of carbonyl (C=O) groups excluding carboxylic acids is 2. The summed E-state index contributed by atoms with van der Waals surface area (Å²) in [6.07, 6.45) is 2.52. The zero-order valence-electron chi connectivity index (χ0n) is 12.8. The fraction of sp³-hybridized carbons (Fsp3) is 0.286. The number of nitrogens with one attached hydrogen (secondary N) is 2. The van der Waals surface area contributed by atoms with Gasteiger partial charge in [-0.2, -0.15) is 0 Å². The van der Waals surface area contributed by atoms with Gasteiger partial charge in [0.25, 0.3) is 0 Å². The number of hydrogen-bond acceptors (Lipinski definition) is 6. The lowest BCUT2D eigenvalue weighted by Crippen LogP contribution is -2.33. The second-order valence-corrected chi connectivity index (χ2v) is 4.29. The predicted octanol–water partition coefficient (Wildman–Crippen LogP) is 0.784. The molecule has 1 aromatic heterocycles. The Hall–Kier alpha value is -3.10. The highest BCUT2D eigenvalue weighted by Crippen LogP contribution is 2.30. The van der Waals surface area contributed by atoms with Gasteiger partial charge in [-0.25, -0.2) is 4.68 Å². The van der Waals surface area contributed by atoms with Crippen molar-refractivity contribution in [2.24, 2.45) is 0 Å². The van der Waals surface area contributed by atoms with Crippen LogP contribution in [-0.2, 0) is 9.59 Å². The summed E-state index contributed by atoms with van der Waals surface area (Å²) in [7, 11) is 0. The zero-order chi connectivity index (χ0) is 16.7. The van der Waals surface area contributed by atoms with Crippen LogP contribution in [0.5, 0.6) is 11.5 Å². The molecule has 0 unspecified atom stereocenters. The number of benzene rings is 1. The van der Waals surface area contributed by atoms with Crippen molar-refractivity contribution in [2.75, 3.05) is 24.0 Å². The Kier molecular flexibility index (Phi) is 5.50. The van der Waals surface area contributed by atoms with Crippen LogP contribution in [-0.4, -0.2) is 39.9 Å².